The number of rotatable bonds is 4. The number of halogens is 2. The van der Waals surface area contributed by atoms with E-state index in [9.17, 15) is 0 Å². The summed E-state index contributed by atoms with van der Waals surface area (Å²) in [6.45, 7) is 4.21. The van der Waals surface area contributed by atoms with Gasteiger partial charge in [0.05, 0.1) is 9.83 Å². The van der Waals surface area contributed by atoms with Crippen LogP contribution in [0.5, 0.6) is 11.5 Å². The van der Waals surface area contributed by atoms with E-state index in [1.165, 1.54) is 4.88 Å². The van der Waals surface area contributed by atoms with Crippen molar-refractivity contribution in [2.45, 2.75) is 13.0 Å². The van der Waals surface area contributed by atoms with Crippen molar-refractivity contribution >= 4 is 43.2 Å². The highest BCUT2D eigenvalue weighted by Crippen LogP contribution is 2.41. The molecule has 2 aromatic rings. The molecule has 2 heterocycles. The minimum absolute atomic E-state index is 0.136. The summed E-state index contributed by atoms with van der Waals surface area (Å²) in [5, 5.41) is 3.54. The quantitative estimate of drug-likeness (QED) is 0.756. The standard InChI is InChI=1S/C15H15Br2NO2S/c1-2-18-15(13-3-4-14(17)21-13)9-7-11-12(8-10(9)16)20-6-5-19-11/h3-4,7-8,15,18H,2,5-6H2,1H3. The van der Waals surface area contributed by atoms with Gasteiger partial charge in [0.1, 0.15) is 13.2 Å². The molecule has 1 unspecified atom stereocenters. The third-order valence-corrected chi connectivity index (χ3v) is 5.63. The first kappa shape index (κ1) is 15.3. The van der Waals surface area contributed by atoms with Crippen LogP contribution in [-0.2, 0) is 0 Å². The Bertz CT molecular complexity index is 645. The predicted molar refractivity (Wildman–Crippen MR) is 92.7 cm³/mol. The maximum atomic E-state index is 5.71. The van der Waals surface area contributed by atoms with Crippen LogP contribution in [0.25, 0.3) is 0 Å². The van der Waals surface area contributed by atoms with E-state index in [0.717, 1.165) is 31.9 Å². The second-order valence-corrected chi connectivity index (χ2v) is 8.00. The zero-order chi connectivity index (χ0) is 14.8. The van der Waals surface area contributed by atoms with Gasteiger partial charge in [-0.3, -0.25) is 0 Å². The monoisotopic (exact) mass is 431 g/mol. The lowest BCUT2D eigenvalue weighted by Crippen LogP contribution is -2.22. The first-order chi connectivity index (χ1) is 10.2. The van der Waals surface area contributed by atoms with E-state index in [2.05, 4.69) is 62.3 Å². The Hall–Kier alpha value is -0.560. The summed E-state index contributed by atoms with van der Waals surface area (Å²) in [5.74, 6) is 1.62. The van der Waals surface area contributed by atoms with Gasteiger partial charge in [-0.25, -0.2) is 0 Å². The number of ether oxygens (including phenoxy) is 2. The summed E-state index contributed by atoms with van der Waals surface area (Å²) in [6, 6.07) is 8.43. The maximum Gasteiger partial charge on any atom is 0.162 e. The number of nitrogens with one attached hydrogen (secondary N) is 1. The molecule has 1 N–H and O–H groups in total. The molecular formula is C15H15Br2NO2S. The molecule has 1 aromatic heterocycles. The van der Waals surface area contributed by atoms with Gasteiger partial charge in [0.15, 0.2) is 11.5 Å². The summed E-state index contributed by atoms with van der Waals surface area (Å²) in [6.07, 6.45) is 0. The van der Waals surface area contributed by atoms with Gasteiger partial charge in [-0.05, 0) is 52.3 Å². The Morgan fingerprint density at radius 2 is 1.90 bits per heavy atom. The van der Waals surface area contributed by atoms with Crippen LogP contribution in [0.15, 0.2) is 32.5 Å². The fourth-order valence-electron chi connectivity index (χ4n) is 2.35. The van der Waals surface area contributed by atoms with Crippen LogP contribution < -0.4 is 14.8 Å². The van der Waals surface area contributed by atoms with Crippen molar-refractivity contribution in [2.75, 3.05) is 19.8 Å². The van der Waals surface area contributed by atoms with Crippen molar-refractivity contribution < 1.29 is 9.47 Å². The van der Waals surface area contributed by atoms with Crippen LogP contribution in [0.4, 0.5) is 0 Å². The number of fused-ring (bicyclic) bond motifs is 1. The van der Waals surface area contributed by atoms with Crippen molar-refractivity contribution in [3.8, 4) is 11.5 Å². The predicted octanol–water partition coefficient (Wildman–Crippen LogP) is 4.74. The number of hydrogen-bond acceptors (Lipinski definition) is 4. The van der Waals surface area contributed by atoms with E-state index < -0.39 is 0 Å². The van der Waals surface area contributed by atoms with Crippen molar-refractivity contribution in [3.05, 3.63) is 43.0 Å². The van der Waals surface area contributed by atoms with E-state index in [1.54, 1.807) is 11.3 Å². The highest BCUT2D eigenvalue weighted by molar-refractivity contribution is 9.11. The van der Waals surface area contributed by atoms with Gasteiger partial charge >= 0.3 is 0 Å². The van der Waals surface area contributed by atoms with E-state index in [0.29, 0.717) is 13.2 Å². The first-order valence-electron chi connectivity index (χ1n) is 6.76. The Kier molecular flexibility index (Phi) is 4.88. The zero-order valence-electron chi connectivity index (χ0n) is 11.5. The average molecular weight is 433 g/mol. The van der Waals surface area contributed by atoms with Gasteiger partial charge in [-0.1, -0.05) is 22.9 Å². The molecule has 1 aliphatic heterocycles. The molecule has 3 nitrogen and oxygen atoms in total. The molecule has 3 rings (SSSR count). The lowest BCUT2D eigenvalue weighted by molar-refractivity contribution is 0.171. The molecule has 0 aliphatic carbocycles. The van der Waals surface area contributed by atoms with Crippen molar-refractivity contribution in [2.24, 2.45) is 0 Å². The molecule has 112 valence electrons. The van der Waals surface area contributed by atoms with Gasteiger partial charge in [0.2, 0.25) is 0 Å². The van der Waals surface area contributed by atoms with E-state index in [-0.39, 0.29) is 6.04 Å². The molecule has 0 spiro atoms. The minimum atomic E-state index is 0.136. The van der Waals surface area contributed by atoms with Crippen molar-refractivity contribution in [3.63, 3.8) is 0 Å². The topological polar surface area (TPSA) is 30.5 Å². The largest absolute Gasteiger partial charge is 0.486 e. The van der Waals surface area contributed by atoms with Crippen molar-refractivity contribution in [1.29, 1.82) is 0 Å². The van der Waals surface area contributed by atoms with Gasteiger partial charge in [-0.2, -0.15) is 0 Å². The molecule has 0 radical (unpaired) electrons. The molecule has 6 heteroatoms. The Morgan fingerprint density at radius 3 is 2.52 bits per heavy atom. The van der Waals surface area contributed by atoms with Crippen LogP contribution in [0.3, 0.4) is 0 Å². The molecule has 0 saturated heterocycles. The van der Waals surface area contributed by atoms with Crippen LogP contribution in [0, 0.1) is 0 Å². The Balaban J connectivity index is 2.02. The summed E-state index contributed by atoms with van der Waals surface area (Å²) in [4.78, 5) is 1.26. The third kappa shape index (κ3) is 3.28. The molecule has 1 atom stereocenters. The molecule has 1 aliphatic rings. The average Bonchev–Trinajstić information content (AvgIpc) is 2.91. The van der Waals surface area contributed by atoms with Gasteiger partial charge in [0, 0.05) is 9.35 Å². The van der Waals surface area contributed by atoms with E-state index in [4.69, 9.17) is 9.47 Å². The highest BCUT2D eigenvalue weighted by Gasteiger charge is 2.22. The minimum Gasteiger partial charge on any atom is -0.486 e. The van der Waals surface area contributed by atoms with E-state index in [1.807, 2.05) is 6.07 Å². The lowest BCUT2D eigenvalue weighted by Gasteiger charge is -2.23. The third-order valence-electron chi connectivity index (χ3n) is 3.26. The molecule has 0 amide bonds. The van der Waals surface area contributed by atoms with Crippen LogP contribution >= 0.6 is 43.2 Å². The van der Waals surface area contributed by atoms with Gasteiger partial charge in [0.25, 0.3) is 0 Å². The molecule has 21 heavy (non-hydrogen) atoms. The smallest absolute Gasteiger partial charge is 0.162 e. The second kappa shape index (κ2) is 6.69. The Morgan fingerprint density at radius 1 is 1.19 bits per heavy atom. The summed E-state index contributed by atoms with van der Waals surface area (Å²) < 4.78 is 13.5. The van der Waals surface area contributed by atoms with Gasteiger partial charge < -0.3 is 14.8 Å². The SMILES string of the molecule is CCNC(c1ccc(Br)s1)c1cc2c(cc1Br)OCCO2. The summed E-state index contributed by atoms with van der Waals surface area (Å²) in [7, 11) is 0. The first-order valence-corrected chi connectivity index (χ1v) is 9.17. The Labute approximate surface area is 144 Å². The fraction of sp³-hybridized carbons (Fsp3) is 0.333. The van der Waals surface area contributed by atoms with Gasteiger partial charge in [-0.15, -0.1) is 11.3 Å². The number of hydrogen-bond donors (Lipinski definition) is 1. The fourth-order valence-corrected chi connectivity index (χ4v) is 4.42. The maximum absolute atomic E-state index is 5.71. The molecule has 0 saturated carbocycles. The highest BCUT2D eigenvalue weighted by atomic mass is 79.9. The zero-order valence-corrected chi connectivity index (χ0v) is 15.5. The summed E-state index contributed by atoms with van der Waals surface area (Å²) >= 11 is 8.94. The summed E-state index contributed by atoms with van der Waals surface area (Å²) in [5.41, 5.74) is 1.16. The molecule has 1 aromatic carbocycles. The van der Waals surface area contributed by atoms with Crippen LogP contribution in [0.1, 0.15) is 23.4 Å². The molecule has 0 bridgehead atoms. The van der Waals surface area contributed by atoms with Crippen molar-refractivity contribution in [1.82, 2.24) is 5.32 Å². The molecular weight excluding hydrogens is 418 g/mol. The molecule has 0 fully saturated rings. The second-order valence-electron chi connectivity index (χ2n) is 4.65. The number of thiophene rings is 1. The number of benzene rings is 1. The van der Waals surface area contributed by atoms with Crippen LogP contribution in [0.2, 0.25) is 0 Å². The van der Waals surface area contributed by atoms with Crippen LogP contribution in [-0.4, -0.2) is 19.8 Å². The lowest BCUT2D eigenvalue weighted by atomic mass is 10.0. The normalized spacial score (nSPS) is 15.0. The van der Waals surface area contributed by atoms with E-state index >= 15 is 0 Å².